The van der Waals surface area contributed by atoms with E-state index in [1.165, 1.54) is 9.95 Å². The molecule has 14 heteroatoms. The third-order valence-corrected chi connectivity index (χ3v) is 9.04. The molecule has 0 fully saturated rings. The van der Waals surface area contributed by atoms with Crippen LogP contribution in [0.15, 0.2) is 36.0 Å². The number of benzene rings is 1. The maximum Gasteiger partial charge on any atom is 0.287 e. The SMILES string of the molecule is CC(C)(C)CCn1c(=O)c(C2=NS(=O)(=O)c3c(CNS(C)(=O)=O)csc3N2)c(O)c2c3ccc(o3)c21. The van der Waals surface area contributed by atoms with Crippen LogP contribution in [0.1, 0.15) is 38.3 Å². The molecule has 192 valence electrons. The number of aryl methyl sites for hydroxylation is 1. The van der Waals surface area contributed by atoms with Crippen molar-refractivity contribution in [2.45, 2.75) is 45.2 Å². The van der Waals surface area contributed by atoms with Gasteiger partial charge in [-0.25, -0.2) is 13.1 Å². The zero-order chi connectivity index (χ0) is 26.2. The quantitative estimate of drug-likeness (QED) is 0.329. The van der Waals surface area contributed by atoms with Crippen molar-refractivity contribution in [2.75, 3.05) is 11.6 Å². The number of hydrogen-bond acceptors (Lipinski definition) is 9. The molecule has 0 amide bonds. The average Bonchev–Trinajstić information content (AvgIpc) is 3.45. The number of anilines is 1. The number of fused-ring (bicyclic) bond motifs is 6. The summed E-state index contributed by atoms with van der Waals surface area (Å²) in [6.07, 6.45) is 1.61. The van der Waals surface area contributed by atoms with Gasteiger partial charge in [0.2, 0.25) is 10.0 Å². The second kappa shape index (κ2) is 8.03. The second-order valence-electron chi connectivity index (χ2n) is 9.93. The molecule has 11 nitrogen and oxygen atoms in total. The highest BCUT2D eigenvalue weighted by atomic mass is 32.2. The fourth-order valence-electron chi connectivity index (χ4n) is 4.16. The Morgan fingerprint density at radius 1 is 1.25 bits per heavy atom. The molecule has 0 radical (unpaired) electrons. The Balaban J connectivity index is 1.67. The molecule has 0 aliphatic carbocycles. The molecule has 4 aromatic heterocycles. The van der Waals surface area contributed by atoms with Crippen LogP contribution >= 0.6 is 11.3 Å². The minimum atomic E-state index is -4.32. The van der Waals surface area contributed by atoms with E-state index in [-0.39, 0.29) is 38.8 Å². The second-order valence-corrected chi connectivity index (χ2v) is 14.2. The summed E-state index contributed by atoms with van der Waals surface area (Å²) in [5.41, 5.74) is 0.513. The van der Waals surface area contributed by atoms with Crippen molar-refractivity contribution in [1.82, 2.24) is 9.29 Å². The number of furan rings is 2. The fraction of sp³-hybridized carbons (Fsp3) is 0.364. The Morgan fingerprint density at radius 3 is 2.61 bits per heavy atom. The summed E-state index contributed by atoms with van der Waals surface area (Å²) in [5.74, 6) is -0.726. The maximum atomic E-state index is 13.7. The van der Waals surface area contributed by atoms with Gasteiger partial charge in [0, 0.05) is 18.7 Å². The fourth-order valence-corrected chi connectivity index (χ4v) is 7.18. The maximum absolute atomic E-state index is 13.7. The number of pyridine rings is 1. The molecule has 0 saturated heterocycles. The number of aromatic hydroxyl groups is 1. The zero-order valence-electron chi connectivity index (χ0n) is 19.9. The van der Waals surface area contributed by atoms with E-state index in [1.54, 1.807) is 12.1 Å². The van der Waals surface area contributed by atoms with Gasteiger partial charge in [-0.2, -0.15) is 8.42 Å². The molecule has 0 spiro atoms. The van der Waals surface area contributed by atoms with Crippen molar-refractivity contribution in [1.29, 1.82) is 0 Å². The normalized spacial score (nSPS) is 15.8. The number of nitrogens with one attached hydrogen (secondary N) is 2. The number of hydrogen-bond donors (Lipinski definition) is 3. The van der Waals surface area contributed by atoms with Gasteiger partial charge in [-0.1, -0.05) is 20.8 Å². The molecular weight excluding hydrogens is 528 g/mol. The first-order valence-corrected chi connectivity index (χ1v) is 15.1. The van der Waals surface area contributed by atoms with Crippen LogP contribution in [0.3, 0.4) is 0 Å². The average molecular weight is 553 g/mol. The van der Waals surface area contributed by atoms with E-state index in [4.69, 9.17) is 4.42 Å². The molecule has 4 aromatic rings. The molecule has 0 saturated carbocycles. The predicted molar refractivity (Wildman–Crippen MR) is 138 cm³/mol. The first-order valence-electron chi connectivity index (χ1n) is 10.9. The van der Waals surface area contributed by atoms with E-state index in [0.29, 0.717) is 35.0 Å². The van der Waals surface area contributed by atoms with Gasteiger partial charge in [0.05, 0.1) is 11.6 Å². The summed E-state index contributed by atoms with van der Waals surface area (Å²) in [6.45, 7) is 6.20. The molecule has 3 N–H and O–H groups in total. The zero-order valence-corrected chi connectivity index (χ0v) is 22.3. The number of rotatable bonds is 6. The number of thiophene rings is 1. The van der Waals surface area contributed by atoms with Crippen LogP contribution in [0.5, 0.6) is 5.75 Å². The lowest BCUT2D eigenvalue weighted by molar-refractivity contribution is 0.350. The minimum absolute atomic E-state index is 0.0945. The van der Waals surface area contributed by atoms with Crippen LogP contribution in [0.25, 0.3) is 22.1 Å². The molecule has 0 unspecified atom stereocenters. The molecule has 36 heavy (non-hydrogen) atoms. The monoisotopic (exact) mass is 552 g/mol. The van der Waals surface area contributed by atoms with Gasteiger partial charge in [0.25, 0.3) is 15.6 Å². The van der Waals surface area contributed by atoms with Crippen molar-refractivity contribution in [3.8, 4) is 5.75 Å². The van der Waals surface area contributed by atoms with Crippen LogP contribution in [0.2, 0.25) is 0 Å². The van der Waals surface area contributed by atoms with Gasteiger partial charge in [0.15, 0.2) is 11.4 Å². The predicted octanol–water partition coefficient (Wildman–Crippen LogP) is 3.00. The van der Waals surface area contributed by atoms with Crippen LogP contribution in [-0.4, -0.2) is 38.6 Å². The summed E-state index contributed by atoms with van der Waals surface area (Å²) in [7, 11) is -7.87. The standard InChI is InChI=1S/C22H24N4O7S3/c1-22(2,3)7-8-26-16-13-6-5-12(33-13)14(16)17(27)15(21(26)28)19-24-20-18(36(31,32)25-19)11(10-34-20)9-23-35(4,29)30/h5-6,10,23,27H,7-9H2,1-4H3,(H,24,25). The number of aromatic nitrogens is 1. The van der Waals surface area contributed by atoms with E-state index in [0.717, 1.165) is 17.6 Å². The van der Waals surface area contributed by atoms with Crippen LogP contribution in [0, 0.1) is 5.41 Å². The summed E-state index contributed by atoms with van der Waals surface area (Å²) < 4.78 is 62.6. The Kier molecular flexibility index (Phi) is 5.52. The number of nitrogens with zero attached hydrogens (tertiary/aromatic N) is 2. The molecule has 0 atom stereocenters. The smallest absolute Gasteiger partial charge is 0.287 e. The summed E-state index contributed by atoms with van der Waals surface area (Å²) in [5, 5.41) is 16.0. The Labute approximate surface area is 210 Å². The largest absolute Gasteiger partial charge is 0.506 e. The van der Waals surface area contributed by atoms with Gasteiger partial charge in [-0.15, -0.1) is 15.7 Å². The molecule has 5 heterocycles. The van der Waals surface area contributed by atoms with Crippen molar-refractivity contribution in [3.05, 3.63) is 39.0 Å². The summed E-state index contributed by atoms with van der Waals surface area (Å²) in [6, 6.07) is 3.39. The number of sulfonamides is 2. The molecule has 5 rings (SSSR count). The first kappa shape index (κ1) is 24.7. The topological polar surface area (TPSA) is 160 Å². The highest BCUT2D eigenvalue weighted by molar-refractivity contribution is 7.91. The number of amidine groups is 1. The van der Waals surface area contributed by atoms with E-state index in [2.05, 4.69) is 14.4 Å². The summed E-state index contributed by atoms with van der Waals surface area (Å²) in [4.78, 5) is 13.5. The van der Waals surface area contributed by atoms with Crippen molar-refractivity contribution < 1.29 is 26.4 Å². The van der Waals surface area contributed by atoms with Crippen molar-refractivity contribution >= 4 is 64.3 Å². The van der Waals surface area contributed by atoms with Gasteiger partial charge >= 0.3 is 0 Å². The molecular formula is C22H24N4O7S3. The van der Waals surface area contributed by atoms with Crippen molar-refractivity contribution in [3.63, 3.8) is 0 Å². The van der Waals surface area contributed by atoms with E-state index >= 15 is 0 Å². The third-order valence-electron chi connectivity index (χ3n) is 5.89. The van der Waals surface area contributed by atoms with E-state index in [9.17, 15) is 26.7 Å². The molecule has 1 aliphatic heterocycles. The molecule has 1 aliphatic rings. The highest BCUT2D eigenvalue weighted by Crippen LogP contribution is 2.41. The van der Waals surface area contributed by atoms with Gasteiger partial charge in [-0.05, 0) is 29.3 Å². The third kappa shape index (κ3) is 4.17. The Bertz CT molecular complexity index is 1820. The molecule has 2 bridgehead atoms. The first-order chi connectivity index (χ1) is 16.7. The Morgan fingerprint density at radius 2 is 1.94 bits per heavy atom. The lowest BCUT2D eigenvalue weighted by Crippen LogP contribution is -2.33. The van der Waals surface area contributed by atoms with Crippen molar-refractivity contribution in [2.24, 2.45) is 9.81 Å². The van der Waals surface area contributed by atoms with Crippen LogP contribution < -0.4 is 15.6 Å². The van der Waals surface area contributed by atoms with Crippen LogP contribution in [-0.2, 0) is 33.1 Å². The van der Waals surface area contributed by atoms with Gasteiger partial charge < -0.3 is 19.4 Å². The lowest BCUT2D eigenvalue weighted by atomic mass is 9.92. The highest BCUT2D eigenvalue weighted by Gasteiger charge is 2.34. The van der Waals surface area contributed by atoms with E-state index in [1.807, 2.05) is 20.8 Å². The van der Waals surface area contributed by atoms with Crippen LogP contribution in [0.4, 0.5) is 5.00 Å². The minimum Gasteiger partial charge on any atom is -0.506 e. The van der Waals surface area contributed by atoms with Gasteiger partial charge in [0.1, 0.15) is 32.3 Å². The van der Waals surface area contributed by atoms with Gasteiger partial charge in [-0.3, -0.25) is 4.79 Å². The lowest BCUT2D eigenvalue weighted by Gasteiger charge is -2.21. The summed E-state index contributed by atoms with van der Waals surface area (Å²) >= 11 is 1.03. The Hall–Kier alpha value is -2.94. The molecule has 0 aromatic carbocycles. The van der Waals surface area contributed by atoms with E-state index < -0.39 is 31.4 Å².